The van der Waals surface area contributed by atoms with E-state index in [0.29, 0.717) is 17.9 Å². The molecule has 0 bridgehead atoms. The van der Waals surface area contributed by atoms with E-state index in [9.17, 15) is 4.79 Å². The lowest BCUT2D eigenvalue weighted by atomic mass is 9.80. The lowest BCUT2D eigenvalue weighted by Gasteiger charge is -2.38. The van der Waals surface area contributed by atoms with Gasteiger partial charge in [0.05, 0.1) is 13.7 Å². The molecule has 0 aromatic carbocycles. The fourth-order valence-electron chi connectivity index (χ4n) is 2.74. The number of carbonyl (C=O) groups excluding carboxylic acids is 1. The van der Waals surface area contributed by atoms with Crippen LogP contribution in [-0.2, 0) is 9.53 Å². The first kappa shape index (κ1) is 14.5. The average molecular weight is 242 g/mol. The number of esters is 1. The molecule has 0 aromatic heterocycles. The summed E-state index contributed by atoms with van der Waals surface area (Å²) in [6.07, 6.45) is 2.22. The Morgan fingerprint density at radius 3 is 2.59 bits per heavy atom. The summed E-state index contributed by atoms with van der Waals surface area (Å²) in [6, 6.07) is 0.181. The fraction of sp³-hybridized carbons (Fsp3) is 0.923. The van der Waals surface area contributed by atoms with Crippen molar-refractivity contribution in [2.75, 3.05) is 26.7 Å². The van der Waals surface area contributed by atoms with Gasteiger partial charge in [0.25, 0.3) is 0 Å². The lowest BCUT2D eigenvalue weighted by molar-refractivity contribution is -0.142. The Hall–Kier alpha value is -0.610. The molecule has 2 atom stereocenters. The molecule has 0 amide bonds. The van der Waals surface area contributed by atoms with Crippen LogP contribution in [0.5, 0.6) is 0 Å². The van der Waals surface area contributed by atoms with Gasteiger partial charge in [-0.1, -0.05) is 20.8 Å². The van der Waals surface area contributed by atoms with Crippen molar-refractivity contribution in [3.05, 3.63) is 0 Å². The highest BCUT2D eigenvalue weighted by Crippen LogP contribution is 2.29. The number of nitrogens with two attached hydrogens (primary N) is 1. The molecule has 0 aliphatic carbocycles. The summed E-state index contributed by atoms with van der Waals surface area (Å²) in [5.41, 5.74) is 6.38. The van der Waals surface area contributed by atoms with Crippen molar-refractivity contribution in [3.63, 3.8) is 0 Å². The van der Waals surface area contributed by atoms with Gasteiger partial charge in [-0.15, -0.1) is 0 Å². The highest BCUT2D eigenvalue weighted by atomic mass is 16.5. The molecule has 4 nitrogen and oxygen atoms in total. The van der Waals surface area contributed by atoms with Crippen LogP contribution in [0, 0.1) is 11.3 Å². The number of piperidine rings is 1. The van der Waals surface area contributed by atoms with Crippen molar-refractivity contribution < 1.29 is 9.53 Å². The van der Waals surface area contributed by atoms with Gasteiger partial charge in [-0.25, -0.2) is 0 Å². The molecule has 1 heterocycles. The molecule has 2 unspecified atom stereocenters. The molecule has 17 heavy (non-hydrogen) atoms. The van der Waals surface area contributed by atoms with Gasteiger partial charge in [-0.05, 0) is 24.2 Å². The number of nitrogens with zero attached hydrogens (tertiary/aromatic N) is 1. The lowest BCUT2D eigenvalue weighted by Crippen LogP contribution is -2.49. The molecule has 4 heteroatoms. The van der Waals surface area contributed by atoms with Crippen LogP contribution in [-0.4, -0.2) is 43.7 Å². The third kappa shape index (κ3) is 5.50. The van der Waals surface area contributed by atoms with Crippen molar-refractivity contribution >= 4 is 5.97 Å². The predicted octanol–water partition coefficient (Wildman–Crippen LogP) is 1.24. The maximum absolute atomic E-state index is 11.3. The van der Waals surface area contributed by atoms with Crippen LogP contribution in [0.15, 0.2) is 0 Å². The summed E-state index contributed by atoms with van der Waals surface area (Å²) in [6.45, 7) is 8.87. The van der Waals surface area contributed by atoms with Gasteiger partial charge in [-0.3, -0.25) is 9.69 Å². The van der Waals surface area contributed by atoms with Gasteiger partial charge in [-0.2, -0.15) is 0 Å². The molecular formula is C13H26N2O2. The van der Waals surface area contributed by atoms with Crippen LogP contribution in [0.25, 0.3) is 0 Å². The van der Waals surface area contributed by atoms with E-state index >= 15 is 0 Å². The van der Waals surface area contributed by atoms with Gasteiger partial charge >= 0.3 is 5.97 Å². The smallest absolute Gasteiger partial charge is 0.319 e. The average Bonchev–Trinajstić information content (AvgIpc) is 2.13. The van der Waals surface area contributed by atoms with Crippen molar-refractivity contribution in [1.29, 1.82) is 0 Å². The summed E-state index contributed by atoms with van der Waals surface area (Å²) >= 11 is 0. The summed E-state index contributed by atoms with van der Waals surface area (Å²) < 4.78 is 4.70. The summed E-state index contributed by atoms with van der Waals surface area (Å²) in [5.74, 6) is 0.414. The number of ether oxygens (including phenoxy) is 1. The first-order valence-corrected chi connectivity index (χ1v) is 6.35. The van der Waals surface area contributed by atoms with E-state index in [1.54, 1.807) is 0 Å². The minimum Gasteiger partial charge on any atom is -0.468 e. The third-order valence-electron chi connectivity index (χ3n) is 3.13. The SMILES string of the molecule is COC(=O)CN1CC(N)CC(CC(C)(C)C)C1. The quantitative estimate of drug-likeness (QED) is 0.757. The van der Waals surface area contributed by atoms with Gasteiger partial charge in [0.15, 0.2) is 0 Å². The van der Waals surface area contributed by atoms with E-state index in [1.807, 2.05) is 0 Å². The van der Waals surface area contributed by atoms with E-state index in [1.165, 1.54) is 7.11 Å². The van der Waals surface area contributed by atoms with E-state index in [-0.39, 0.29) is 12.0 Å². The van der Waals surface area contributed by atoms with Crippen molar-refractivity contribution in [2.24, 2.45) is 17.1 Å². The molecule has 1 aliphatic rings. The van der Waals surface area contributed by atoms with Gasteiger partial charge in [0.2, 0.25) is 0 Å². The van der Waals surface area contributed by atoms with Crippen molar-refractivity contribution in [3.8, 4) is 0 Å². The fourth-order valence-corrected chi connectivity index (χ4v) is 2.74. The second-order valence-corrected chi connectivity index (χ2v) is 6.40. The summed E-state index contributed by atoms with van der Waals surface area (Å²) in [5, 5.41) is 0. The Morgan fingerprint density at radius 1 is 1.41 bits per heavy atom. The third-order valence-corrected chi connectivity index (χ3v) is 3.13. The zero-order valence-corrected chi connectivity index (χ0v) is 11.5. The van der Waals surface area contributed by atoms with E-state index in [2.05, 4.69) is 25.7 Å². The van der Waals surface area contributed by atoms with Crippen LogP contribution < -0.4 is 5.73 Å². The Balaban J connectivity index is 2.50. The Bertz CT molecular complexity index is 261. The molecule has 1 saturated heterocycles. The Morgan fingerprint density at radius 2 is 2.06 bits per heavy atom. The maximum atomic E-state index is 11.3. The first-order valence-electron chi connectivity index (χ1n) is 6.35. The second-order valence-electron chi connectivity index (χ2n) is 6.40. The monoisotopic (exact) mass is 242 g/mol. The molecule has 0 aromatic rings. The minimum atomic E-state index is -0.173. The standard InChI is InChI=1S/C13H26N2O2/c1-13(2,3)6-10-5-11(14)8-15(7-10)9-12(16)17-4/h10-11H,5-9,14H2,1-4H3. The van der Waals surface area contributed by atoms with Crippen LogP contribution >= 0.6 is 0 Å². The normalized spacial score (nSPS) is 26.9. The summed E-state index contributed by atoms with van der Waals surface area (Å²) in [4.78, 5) is 13.4. The number of carbonyl (C=O) groups is 1. The minimum absolute atomic E-state index is 0.173. The van der Waals surface area contributed by atoms with Gasteiger partial charge in [0, 0.05) is 19.1 Å². The Labute approximate surface area is 104 Å². The molecular weight excluding hydrogens is 216 g/mol. The van der Waals surface area contributed by atoms with Gasteiger partial charge < -0.3 is 10.5 Å². The molecule has 100 valence electrons. The van der Waals surface area contributed by atoms with E-state index < -0.39 is 0 Å². The largest absolute Gasteiger partial charge is 0.468 e. The van der Waals surface area contributed by atoms with Crippen LogP contribution in [0.4, 0.5) is 0 Å². The predicted molar refractivity (Wildman–Crippen MR) is 68.6 cm³/mol. The number of hydrogen-bond acceptors (Lipinski definition) is 4. The number of methoxy groups -OCH3 is 1. The summed E-state index contributed by atoms with van der Waals surface area (Å²) in [7, 11) is 1.43. The highest BCUT2D eigenvalue weighted by Gasteiger charge is 2.29. The van der Waals surface area contributed by atoms with Crippen LogP contribution in [0.1, 0.15) is 33.6 Å². The van der Waals surface area contributed by atoms with Gasteiger partial charge in [0.1, 0.15) is 0 Å². The number of hydrogen-bond donors (Lipinski definition) is 1. The van der Waals surface area contributed by atoms with Crippen LogP contribution in [0.2, 0.25) is 0 Å². The number of likely N-dealkylation sites (tertiary alicyclic amines) is 1. The topological polar surface area (TPSA) is 55.6 Å². The molecule has 1 fully saturated rings. The molecule has 0 spiro atoms. The molecule has 1 aliphatic heterocycles. The first-order chi connectivity index (χ1) is 7.80. The molecule has 0 saturated carbocycles. The van der Waals surface area contributed by atoms with E-state index in [4.69, 9.17) is 10.5 Å². The van der Waals surface area contributed by atoms with E-state index in [0.717, 1.165) is 25.9 Å². The van der Waals surface area contributed by atoms with Crippen LogP contribution in [0.3, 0.4) is 0 Å². The zero-order chi connectivity index (χ0) is 13.1. The maximum Gasteiger partial charge on any atom is 0.319 e. The van der Waals surface area contributed by atoms with Crippen molar-refractivity contribution in [2.45, 2.75) is 39.7 Å². The molecule has 1 rings (SSSR count). The van der Waals surface area contributed by atoms with Crippen molar-refractivity contribution in [1.82, 2.24) is 4.90 Å². The zero-order valence-electron chi connectivity index (χ0n) is 11.5. The Kier molecular flexibility index (Phi) is 4.95. The molecule has 2 N–H and O–H groups in total. The second kappa shape index (κ2) is 5.83. The number of rotatable bonds is 3. The molecule has 0 radical (unpaired) electrons. The highest BCUT2D eigenvalue weighted by molar-refractivity contribution is 5.71.